The summed E-state index contributed by atoms with van der Waals surface area (Å²) in [5, 5.41) is 20.6. The number of phenolic OH excluding ortho intramolecular Hbond substituents is 1. The van der Waals surface area contributed by atoms with Crippen LogP contribution in [0.1, 0.15) is 42.6 Å². The molecule has 3 atom stereocenters. The van der Waals surface area contributed by atoms with Gasteiger partial charge in [0.25, 0.3) is 0 Å². The third-order valence-corrected chi connectivity index (χ3v) is 6.51. The molecule has 1 heterocycles. The molecule has 0 aromatic heterocycles. The van der Waals surface area contributed by atoms with Crippen molar-refractivity contribution < 1.29 is 34.0 Å². The van der Waals surface area contributed by atoms with Gasteiger partial charge in [-0.15, -0.1) is 0 Å². The van der Waals surface area contributed by atoms with Crippen molar-refractivity contribution in [2.24, 2.45) is 5.92 Å². The molecule has 0 fully saturated rings. The molecule has 1 aliphatic carbocycles. The van der Waals surface area contributed by atoms with Gasteiger partial charge in [-0.1, -0.05) is 30.1 Å². The average Bonchev–Trinajstić information content (AvgIpc) is 2.73. The summed E-state index contributed by atoms with van der Waals surface area (Å²) in [6.45, 7) is 5.01. The van der Waals surface area contributed by atoms with Gasteiger partial charge in [0.15, 0.2) is 17.1 Å². The van der Waals surface area contributed by atoms with Crippen molar-refractivity contribution in [2.45, 2.75) is 45.3 Å². The quantitative estimate of drug-likeness (QED) is 0.623. The fourth-order valence-electron chi connectivity index (χ4n) is 3.83. The van der Waals surface area contributed by atoms with E-state index < -0.39 is 35.1 Å². The number of aliphatic hydroxyl groups excluding tert-OH is 1. The Labute approximate surface area is 190 Å². The molecule has 0 saturated heterocycles. The van der Waals surface area contributed by atoms with Gasteiger partial charge in [0.1, 0.15) is 16.7 Å². The maximum atomic E-state index is 13.1. The van der Waals surface area contributed by atoms with Crippen LogP contribution in [0.3, 0.4) is 0 Å². The number of ether oxygens (including phenoxy) is 3. The van der Waals surface area contributed by atoms with Crippen molar-refractivity contribution in [3.05, 3.63) is 44.7 Å². The van der Waals surface area contributed by atoms with E-state index in [4.69, 9.17) is 37.4 Å². The summed E-state index contributed by atoms with van der Waals surface area (Å²) in [5.41, 5.74) is -1.20. The molecule has 2 N–H and O–H groups in total. The van der Waals surface area contributed by atoms with E-state index in [0.29, 0.717) is 5.57 Å². The number of aliphatic hydroxyl groups is 1. The molecular formula is C22H24Cl2O7. The Bertz CT molecular complexity index is 998. The van der Waals surface area contributed by atoms with E-state index in [2.05, 4.69) is 0 Å². The first kappa shape index (κ1) is 23.4. The first-order valence-corrected chi connectivity index (χ1v) is 10.6. The van der Waals surface area contributed by atoms with Crippen molar-refractivity contribution in [1.29, 1.82) is 0 Å². The number of hydrogen-bond donors (Lipinski definition) is 2. The molecule has 0 amide bonds. The summed E-state index contributed by atoms with van der Waals surface area (Å²) in [7, 11) is 1.27. The number of carbonyl (C=O) groups excluding carboxylic acids is 2. The van der Waals surface area contributed by atoms with E-state index >= 15 is 0 Å². The second-order valence-electron chi connectivity index (χ2n) is 7.74. The molecule has 1 aromatic rings. The van der Waals surface area contributed by atoms with Crippen molar-refractivity contribution in [3.8, 4) is 11.5 Å². The number of halogens is 2. The molecule has 7 nitrogen and oxygen atoms in total. The van der Waals surface area contributed by atoms with E-state index in [1.165, 1.54) is 27.0 Å². The summed E-state index contributed by atoms with van der Waals surface area (Å²) >= 11 is 12.1. The lowest BCUT2D eigenvalue weighted by molar-refractivity contribution is -0.152. The smallest absolute Gasteiger partial charge is 0.343 e. The van der Waals surface area contributed by atoms with E-state index in [9.17, 15) is 19.8 Å². The number of allylic oxidation sites excluding steroid dienone is 2. The molecule has 1 aromatic carbocycles. The van der Waals surface area contributed by atoms with Gasteiger partial charge < -0.3 is 24.4 Å². The van der Waals surface area contributed by atoms with Crippen LogP contribution >= 0.6 is 23.2 Å². The van der Waals surface area contributed by atoms with Gasteiger partial charge in [0.05, 0.1) is 24.5 Å². The number of benzene rings is 1. The van der Waals surface area contributed by atoms with Crippen LogP contribution in [0.15, 0.2) is 23.5 Å². The van der Waals surface area contributed by atoms with Gasteiger partial charge in [0, 0.05) is 12.3 Å². The van der Waals surface area contributed by atoms with Gasteiger partial charge in [-0.3, -0.25) is 4.79 Å². The summed E-state index contributed by atoms with van der Waals surface area (Å²) in [6.07, 6.45) is 3.41. The molecule has 3 rings (SSSR count). The molecule has 0 unspecified atom stereocenters. The fraction of sp³-hybridized carbons (Fsp3) is 0.455. The van der Waals surface area contributed by atoms with Crippen molar-refractivity contribution in [3.63, 3.8) is 0 Å². The molecule has 1 aliphatic heterocycles. The number of aromatic hydroxyl groups is 1. The van der Waals surface area contributed by atoms with Crippen LogP contribution in [0.5, 0.6) is 11.5 Å². The van der Waals surface area contributed by atoms with Crippen LogP contribution < -0.4 is 4.74 Å². The Balaban J connectivity index is 1.99. The highest BCUT2D eigenvalue weighted by Crippen LogP contribution is 2.45. The molecule has 168 valence electrons. The van der Waals surface area contributed by atoms with Gasteiger partial charge in [-0.25, -0.2) is 4.79 Å². The number of rotatable bonds is 5. The molecule has 9 heteroatoms. The van der Waals surface area contributed by atoms with Crippen LogP contribution in [0.2, 0.25) is 10.0 Å². The summed E-state index contributed by atoms with van der Waals surface area (Å²) in [5.74, 6) is -1.89. The number of carbonyl (C=O) groups is 2. The number of fused-ring (bicyclic) bond motifs is 1. The number of ketones is 1. The van der Waals surface area contributed by atoms with Crippen LogP contribution in [0.25, 0.3) is 0 Å². The van der Waals surface area contributed by atoms with Crippen LogP contribution in [0, 0.1) is 12.8 Å². The number of hydrogen-bond acceptors (Lipinski definition) is 7. The van der Waals surface area contributed by atoms with Gasteiger partial charge in [-0.2, -0.15) is 0 Å². The van der Waals surface area contributed by atoms with Crippen molar-refractivity contribution >= 4 is 35.0 Å². The highest BCUT2D eigenvalue weighted by molar-refractivity contribution is 6.39. The normalized spacial score (nSPS) is 25.2. The minimum atomic E-state index is -1.86. The Morgan fingerprint density at radius 1 is 1.32 bits per heavy atom. The summed E-state index contributed by atoms with van der Waals surface area (Å²) < 4.78 is 16.4. The third kappa shape index (κ3) is 3.90. The molecule has 0 bridgehead atoms. The van der Waals surface area contributed by atoms with Crippen LogP contribution in [0.4, 0.5) is 0 Å². The predicted octanol–water partition coefficient (Wildman–Crippen LogP) is 4.13. The zero-order valence-corrected chi connectivity index (χ0v) is 19.1. The maximum Gasteiger partial charge on any atom is 0.343 e. The molecule has 31 heavy (non-hydrogen) atoms. The van der Waals surface area contributed by atoms with E-state index in [1.54, 1.807) is 6.08 Å². The first-order valence-electron chi connectivity index (χ1n) is 9.82. The van der Waals surface area contributed by atoms with Gasteiger partial charge in [-0.05, 0) is 43.6 Å². The van der Waals surface area contributed by atoms with E-state index in [1.807, 2.05) is 6.92 Å². The van der Waals surface area contributed by atoms with E-state index in [0.717, 1.165) is 18.6 Å². The standard InChI is InChI=1S/C22H24Cl2O7/c1-5-6-12-7-11-8-14(25)22(3,20(27)13(11)9-30-12)31-21(28)15-10(2)16(23)18(26)17(24)19(15)29-4/h7-8,13,20,26-27H,5-6,9H2,1-4H3/t13-,20+,22+/m1/s1. The monoisotopic (exact) mass is 470 g/mol. The maximum absolute atomic E-state index is 13.1. The lowest BCUT2D eigenvalue weighted by Gasteiger charge is -2.41. The predicted molar refractivity (Wildman–Crippen MR) is 115 cm³/mol. The Morgan fingerprint density at radius 3 is 2.61 bits per heavy atom. The fourth-order valence-corrected chi connectivity index (χ4v) is 4.33. The molecule has 2 aliphatic rings. The van der Waals surface area contributed by atoms with Crippen LogP contribution in [-0.2, 0) is 14.3 Å². The van der Waals surface area contributed by atoms with Gasteiger partial charge in [0.2, 0.25) is 5.78 Å². The van der Waals surface area contributed by atoms with Gasteiger partial charge >= 0.3 is 5.97 Å². The minimum absolute atomic E-state index is 0.142. The second-order valence-corrected chi connectivity index (χ2v) is 8.49. The van der Waals surface area contributed by atoms with Crippen molar-refractivity contribution in [2.75, 3.05) is 13.7 Å². The Morgan fingerprint density at radius 2 is 2.00 bits per heavy atom. The lowest BCUT2D eigenvalue weighted by Crippen LogP contribution is -2.57. The minimum Gasteiger partial charge on any atom is -0.505 e. The Hall–Kier alpha value is -2.22. The van der Waals surface area contributed by atoms with Crippen molar-refractivity contribution in [1.82, 2.24) is 0 Å². The highest BCUT2D eigenvalue weighted by atomic mass is 35.5. The number of phenols is 1. The zero-order chi connectivity index (χ0) is 23.1. The third-order valence-electron chi connectivity index (χ3n) is 5.69. The largest absolute Gasteiger partial charge is 0.505 e. The molecular weight excluding hydrogens is 447 g/mol. The average molecular weight is 471 g/mol. The zero-order valence-electron chi connectivity index (χ0n) is 17.6. The highest BCUT2D eigenvalue weighted by Gasteiger charge is 2.52. The molecule has 0 spiro atoms. The Kier molecular flexibility index (Phi) is 6.60. The first-order chi connectivity index (χ1) is 14.6. The SMILES string of the molecule is CCCC1=CC2=CC(=O)[C@](C)(OC(=O)c3c(C)c(Cl)c(O)c(Cl)c3OC)[C@@H](O)[C@@H]2CO1. The van der Waals surface area contributed by atoms with E-state index in [-0.39, 0.29) is 33.5 Å². The molecule has 0 saturated carbocycles. The second kappa shape index (κ2) is 8.73. The van der Waals surface area contributed by atoms with Crippen LogP contribution in [-0.4, -0.2) is 47.4 Å². The topological polar surface area (TPSA) is 102 Å². The summed E-state index contributed by atoms with van der Waals surface area (Å²) in [6, 6.07) is 0. The number of esters is 1. The molecule has 0 radical (unpaired) electrons. The lowest BCUT2D eigenvalue weighted by atomic mass is 9.74. The summed E-state index contributed by atoms with van der Waals surface area (Å²) in [4.78, 5) is 26.0. The number of methoxy groups -OCH3 is 1.